The number of nitrogens with one attached hydrogen (secondary N) is 2. The molecule has 8 nitrogen and oxygen atoms in total. The third-order valence-corrected chi connectivity index (χ3v) is 4.53. The molecule has 0 aliphatic carbocycles. The maximum Gasteiger partial charge on any atom is 0.573 e. The van der Waals surface area contributed by atoms with Gasteiger partial charge in [-0.2, -0.15) is 0 Å². The van der Waals surface area contributed by atoms with Crippen molar-refractivity contribution in [3.8, 4) is 18.1 Å². The fourth-order valence-electron chi connectivity index (χ4n) is 3.10. The molecule has 3 N–H and O–H groups in total. The summed E-state index contributed by atoms with van der Waals surface area (Å²) in [5, 5.41) is 14.8. The van der Waals surface area contributed by atoms with Gasteiger partial charge in [0, 0.05) is 25.0 Å². The molecule has 1 fully saturated rings. The van der Waals surface area contributed by atoms with Crippen LogP contribution in [0.4, 0.5) is 24.7 Å². The summed E-state index contributed by atoms with van der Waals surface area (Å²) in [4.78, 5) is 31.2. The monoisotopic (exact) mass is 448 g/mol. The van der Waals surface area contributed by atoms with E-state index in [0.29, 0.717) is 25.3 Å². The highest BCUT2D eigenvalue weighted by atomic mass is 19.4. The molecular weight excluding hydrogens is 429 g/mol. The van der Waals surface area contributed by atoms with Crippen molar-refractivity contribution in [2.24, 2.45) is 0 Å². The van der Waals surface area contributed by atoms with E-state index in [2.05, 4.69) is 26.3 Å². The number of aliphatic hydroxyl groups is 1. The second-order valence-electron chi connectivity index (χ2n) is 6.90. The molecule has 1 atom stereocenters. The minimum atomic E-state index is -4.82. The summed E-state index contributed by atoms with van der Waals surface area (Å²) in [6.45, 7) is 0.755. The Bertz CT molecular complexity index is 1030. The first-order valence-electron chi connectivity index (χ1n) is 9.48. The lowest BCUT2D eigenvalue weighted by Crippen LogP contribution is -2.30. The Balaban J connectivity index is 1.80. The molecule has 1 unspecified atom stereocenters. The maximum atomic E-state index is 12.6. The Morgan fingerprint density at radius 3 is 2.59 bits per heavy atom. The molecule has 0 saturated carbocycles. The average Bonchev–Trinajstić information content (AvgIpc) is 3.18. The molecule has 168 valence electrons. The number of β-amino-alcohol motifs (C(OH)–C–C–N with tert-alkyl or cyclic N) is 1. The Kier molecular flexibility index (Phi) is 6.85. The van der Waals surface area contributed by atoms with Gasteiger partial charge in [-0.1, -0.05) is 5.92 Å². The number of nitrogens with zero attached hydrogens (tertiary/aromatic N) is 2. The molecule has 11 heteroatoms. The molecule has 2 heterocycles. The van der Waals surface area contributed by atoms with Gasteiger partial charge in [0.25, 0.3) is 11.8 Å². The number of aromatic nitrogens is 1. The van der Waals surface area contributed by atoms with Crippen LogP contribution in [-0.4, -0.2) is 54.0 Å². The van der Waals surface area contributed by atoms with Crippen molar-refractivity contribution in [2.75, 3.05) is 29.9 Å². The number of carbonyl (C=O) groups is 2. The minimum Gasteiger partial charge on any atom is -0.406 e. The van der Waals surface area contributed by atoms with Crippen molar-refractivity contribution in [1.29, 1.82) is 0 Å². The number of carbonyl (C=O) groups excluding carboxylic acids is 2. The smallest absolute Gasteiger partial charge is 0.406 e. The van der Waals surface area contributed by atoms with E-state index in [1.165, 1.54) is 24.4 Å². The van der Waals surface area contributed by atoms with E-state index in [0.717, 1.165) is 12.1 Å². The van der Waals surface area contributed by atoms with E-state index >= 15 is 0 Å². The predicted octanol–water partition coefficient (Wildman–Crippen LogP) is 2.17. The number of benzene rings is 1. The molecule has 32 heavy (non-hydrogen) atoms. The second kappa shape index (κ2) is 9.57. The summed E-state index contributed by atoms with van der Waals surface area (Å²) in [6, 6.07) is 5.94. The zero-order chi connectivity index (χ0) is 23.3. The highest BCUT2D eigenvalue weighted by Gasteiger charge is 2.31. The quantitative estimate of drug-likeness (QED) is 0.586. The van der Waals surface area contributed by atoms with Crippen molar-refractivity contribution >= 4 is 23.3 Å². The lowest BCUT2D eigenvalue weighted by molar-refractivity contribution is -0.274. The largest absolute Gasteiger partial charge is 0.573 e. The number of aliphatic hydroxyl groups excluding tert-OH is 1. The second-order valence-corrected chi connectivity index (χ2v) is 6.90. The number of amides is 2. The average molecular weight is 448 g/mol. The van der Waals surface area contributed by atoms with Crippen LogP contribution in [0, 0.1) is 12.3 Å². The molecule has 1 aromatic heterocycles. The van der Waals surface area contributed by atoms with Crippen LogP contribution in [0.1, 0.15) is 27.1 Å². The molecule has 0 bridgehead atoms. The standard InChI is InChI=1S/C21H19F3N4O4/c1-2-8-25-20(31)17-10-13(11-26-18(17)28-9-7-15(29)12-28)19(30)27-14-3-5-16(6-4-14)32-21(22,23)24/h1,3-6,10-11,15,29H,7-9,12H2,(H,25,31)(H,27,30). The molecule has 2 aromatic rings. The van der Waals surface area contributed by atoms with Gasteiger partial charge < -0.3 is 25.4 Å². The lowest BCUT2D eigenvalue weighted by Gasteiger charge is -2.20. The van der Waals surface area contributed by atoms with Crippen molar-refractivity contribution in [2.45, 2.75) is 18.9 Å². The number of hydrogen-bond donors (Lipinski definition) is 3. The molecule has 1 saturated heterocycles. The van der Waals surface area contributed by atoms with Gasteiger partial charge in [0.05, 0.1) is 23.8 Å². The first-order chi connectivity index (χ1) is 15.2. The first-order valence-corrected chi connectivity index (χ1v) is 9.48. The van der Waals surface area contributed by atoms with E-state index in [9.17, 15) is 27.9 Å². The Labute approximate surface area is 181 Å². The summed E-state index contributed by atoms with van der Waals surface area (Å²) in [5.41, 5.74) is 0.375. The Morgan fingerprint density at radius 2 is 2.00 bits per heavy atom. The highest BCUT2D eigenvalue weighted by Crippen LogP contribution is 2.26. The van der Waals surface area contributed by atoms with E-state index in [-0.39, 0.29) is 23.4 Å². The van der Waals surface area contributed by atoms with E-state index in [1.54, 1.807) is 4.90 Å². The van der Waals surface area contributed by atoms with E-state index < -0.39 is 30.0 Å². The van der Waals surface area contributed by atoms with Crippen LogP contribution in [0.3, 0.4) is 0 Å². The fourth-order valence-corrected chi connectivity index (χ4v) is 3.10. The highest BCUT2D eigenvalue weighted by molar-refractivity contribution is 6.07. The third kappa shape index (κ3) is 5.89. The van der Waals surface area contributed by atoms with Crippen LogP contribution in [0.25, 0.3) is 0 Å². The van der Waals surface area contributed by atoms with Gasteiger partial charge in [0.15, 0.2) is 0 Å². The minimum absolute atomic E-state index is 0.0241. The number of halogens is 3. The van der Waals surface area contributed by atoms with Crippen molar-refractivity contribution < 1.29 is 32.6 Å². The third-order valence-electron chi connectivity index (χ3n) is 4.53. The van der Waals surface area contributed by atoms with E-state index in [1.807, 2.05) is 0 Å². The topological polar surface area (TPSA) is 104 Å². The van der Waals surface area contributed by atoms with Crippen LogP contribution in [0.15, 0.2) is 36.5 Å². The number of rotatable bonds is 6. The van der Waals surface area contributed by atoms with Gasteiger partial charge in [0.1, 0.15) is 11.6 Å². The van der Waals surface area contributed by atoms with Gasteiger partial charge in [-0.05, 0) is 36.8 Å². The predicted molar refractivity (Wildman–Crippen MR) is 109 cm³/mol. The zero-order valence-electron chi connectivity index (χ0n) is 16.6. The van der Waals surface area contributed by atoms with Crippen LogP contribution in [-0.2, 0) is 0 Å². The molecule has 1 aromatic carbocycles. The summed E-state index contributed by atoms with van der Waals surface area (Å²) < 4.78 is 40.6. The van der Waals surface area contributed by atoms with Gasteiger partial charge in [0.2, 0.25) is 0 Å². The zero-order valence-corrected chi connectivity index (χ0v) is 16.6. The molecule has 0 radical (unpaired) electrons. The fraction of sp³-hybridized carbons (Fsp3) is 0.286. The van der Waals surface area contributed by atoms with Crippen molar-refractivity contribution in [3.63, 3.8) is 0 Å². The lowest BCUT2D eigenvalue weighted by atomic mass is 10.1. The van der Waals surface area contributed by atoms with Gasteiger partial charge in [-0.25, -0.2) is 4.98 Å². The molecular formula is C21H19F3N4O4. The normalized spacial score (nSPS) is 15.7. The summed E-state index contributed by atoms with van der Waals surface area (Å²) in [7, 11) is 0. The molecule has 3 rings (SSSR count). The van der Waals surface area contributed by atoms with Crippen molar-refractivity contribution in [1.82, 2.24) is 10.3 Å². The summed E-state index contributed by atoms with van der Waals surface area (Å²) in [6.07, 6.45) is 1.60. The maximum absolute atomic E-state index is 12.6. The number of terminal acetylenes is 1. The Morgan fingerprint density at radius 1 is 1.28 bits per heavy atom. The number of alkyl halides is 3. The molecule has 1 aliphatic rings. The number of anilines is 2. The SMILES string of the molecule is C#CCNC(=O)c1cc(C(=O)Nc2ccc(OC(F)(F)F)cc2)cnc1N1CCC(O)C1. The van der Waals surface area contributed by atoms with Gasteiger partial charge in [-0.3, -0.25) is 9.59 Å². The molecule has 0 spiro atoms. The van der Waals surface area contributed by atoms with E-state index in [4.69, 9.17) is 6.42 Å². The van der Waals surface area contributed by atoms with Crippen LogP contribution < -0.4 is 20.3 Å². The van der Waals surface area contributed by atoms with Gasteiger partial charge >= 0.3 is 6.36 Å². The molecule has 1 aliphatic heterocycles. The number of ether oxygens (including phenoxy) is 1. The van der Waals surface area contributed by atoms with Gasteiger partial charge in [-0.15, -0.1) is 19.6 Å². The molecule has 2 amide bonds. The first kappa shape index (κ1) is 22.9. The summed E-state index contributed by atoms with van der Waals surface area (Å²) in [5.74, 6) is 1.01. The van der Waals surface area contributed by atoms with Crippen molar-refractivity contribution in [3.05, 3.63) is 47.7 Å². The number of hydrogen-bond acceptors (Lipinski definition) is 6. The van der Waals surface area contributed by atoms with Crippen LogP contribution in [0.2, 0.25) is 0 Å². The Hall–Kier alpha value is -3.78. The summed E-state index contributed by atoms with van der Waals surface area (Å²) >= 11 is 0. The van der Waals surface area contributed by atoms with Crippen LogP contribution in [0.5, 0.6) is 5.75 Å². The van der Waals surface area contributed by atoms with Crippen LogP contribution >= 0.6 is 0 Å². The number of pyridine rings is 1.